The summed E-state index contributed by atoms with van der Waals surface area (Å²) >= 11 is 0. The van der Waals surface area contributed by atoms with Crippen LogP contribution in [-0.4, -0.2) is 47.8 Å². The van der Waals surface area contributed by atoms with Gasteiger partial charge < -0.3 is 20.1 Å². The number of carboxylic acid groups (broad SMARTS) is 1. The van der Waals surface area contributed by atoms with E-state index in [1.165, 1.54) is 6.07 Å². The monoisotopic (exact) mass is 292 g/mol. The number of carboxylic acids is 1. The number of nitrogens with one attached hydrogen (secondary N) is 1. The maximum Gasteiger partial charge on any atom is 0.336 e. The zero-order valence-corrected chi connectivity index (χ0v) is 12.3. The van der Waals surface area contributed by atoms with Crippen molar-refractivity contribution < 1.29 is 19.4 Å². The van der Waals surface area contributed by atoms with Crippen LogP contribution in [-0.2, 0) is 4.74 Å². The lowest BCUT2D eigenvalue weighted by atomic mass is 10.1. The van der Waals surface area contributed by atoms with Gasteiger partial charge in [0.15, 0.2) is 0 Å². The molecule has 21 heavy (non-hydrogen) atoms. The third-order valence-corrected chi connectivity index (χ3v) is 3.46. The van der Waals surface area contributed by atoms with E-state index in [1.807, 2.05) is 6.92 Å². The number of aromatic carboxylic acids is 1. The Morgan fingerprint density at radius 3 is 2.90 bits per heavy atom. The fraction of sp³-hybridized carbons (Fsp3) is 0.467. The summed E-state index contributed by atoms with van der Waals surface area (Å²) in [6.07, 6.45) is 0.803. The smallest absolute Gasteiger partial charge is 0.336 e. The Bertz CT molecular complexity index is 544. The van der Waals surface area contributed by atoms with Gasteiger partial charge in [-0.2, -0.15) is 0 Å². The highest BCUT2D eigenvalue weighted by molar-refractivity contribution is 5.94. The predicted octanol–water partition coefficient (Wildman–Crippen LogP) is 2.34. The van der Waals surface area contributed by atoms with Crippen LogP contribution in [0.15, 0.2) is 18.2 Å². The number of anilines is 1. The summed E-state index contributed by atoms with van der Waals surface area (Å²) in [5, 5.41) is 11.9. The van der Waals surface area contributed by atoms with Crippen molar-refractivity contribution in [1.29, 1.82) is 0 Å². The van der Waals surface area contributed by atoms with Crippen LogP contribution in [0.2, 0.25) is 0 Å². The molecular weight excluding hydrogens is 272 g/mol. The average molecular weight is 292 g/mol. The summed E-state index contributed by atoms with van der Waals surface area (Å²) in [5.41, 5.74) is 1.35. The first-order chi connectivity index (χ1) is 9.97. The van der Waals surface area contributed by atoms with E-state index >= 15 is 0 Å². The van der Waals surface area contributed by atoms with Crippen molar-refractivity contribution in [3.63, 3.8) is 0 Å². The van der Waals surface area contributed by atoms with Crippen LogP contribution in [0.4, 0.5) is 10.5 Å². The molecule has 1 heterocycles. The quantitative estimate of drug-likeness (QED) is 0.877. The lowest BCUT2D eigenvalue weighted by Gasteiger charge is -2.22. The van der Waals surface area contributed by atoms with Crippen LogP contribution in [0.5, 0.6) is 0 Å². The van der Waals surface area contributed by atoms with Crippen molar-refractivity contribution in [2.45, 2.75) is 26.4 Å². The molecule has 114 valence electrons. The minimum atomic E-state index is -1.000. The third-order valence-electron chi connectivity index (χ3n) is 3.46. The number of carbonyl (C=O) groups is 2. The Kier molecular flexibility index (Phi) is 4.80. The lowest BCUT2D eigenvalue weighted by molar-refractivity contribution is 0.0696. The Morgan fingerprint density at radius 1 is 1.43 bits per heavy atom. The summed E-state index contributed by atoms with van der Waals surface area (Å²) in [7, 11) is 0. The van der Waals surface area contributed by atoms with Crippen molar-refractivity contribution in [2.24, 2.45) is 0 Å². The summed E-state index contributed by atoms with van der Waals surface area (Å²) in [4.78, 5) is 25.0. The van der Waals surface area contributed by atoms with Gasteiger partial charge in [-0.1, -0.05) is 6.07 Å². The largest absolute Gasteiger partial charge is 0.478 e. The summed E-state index contributed by atoms with van der Waals surface area (Å²) < 4.78 is 5.50. The molecule has 0 radical (unpaired) electrons. The van der Waals surface area contributed by atoms with Crippen molar-refractivity contribution in [3.05, 3.63) is 29.3 Å². The summed E-state index contributed by atoms with van der Waals surface area (Å²) in [6.45, 7) is 5.47. The molecule has 0 bridgehead atoms. The fourth-order valence-electron chi connectivity index (χ4n) is 2.31. The average Bonchev–Trinajstić information content (AvgIpc) is 2.65. The number of hydrogen-bond acceptors (Lipinski definition) is 3. The second kappa shape index (κ2) is 6.58. The molecule has 1 aromatic carbocycles. The minimum Gasteiger partial charge on any atom is -0.478 e. The van der Waals surface area contributed by atoms with Crippen LogP contribution >= 0.6 is 0 Å². The molecule has 0 spiro atoms. The van der Waals surface area contributed by atoms with Gasteiger partial charge in [-0.25, -0.2) is 9.59 Å². The van der Waals surface area contributed by atoms with Crippen molar-refractivity contribution in [2.75, 3.05) is 25.0 Å². The number of urea groups is 1. The molecule has 2 N–H and O–H groups in total. The summed E-state index contributed by atoms with van der Waals surface area (Å²) in [5.74, 6) is -1.000. The first kappa shape index (κ1) is 15.3. The van der Waals surface area contributed by atoms with E-state index in [9.17, 15) is 9.59 Å². The third kappa shape index (κ3) is 3.95. The SMILES string of the molecule is Cc1ccc(NC(=O)N2CCCOC(C)C2)cc1C(=O)O. The predicted molar refractivity (Wildman–Crippen MR) is 78.8 cm³/mol. The van der Waals surface area contributed by atoms with Crippen molar-refractivity contribution >= 4 is 17.7 Å². The molecule has 0 aliphatic carbocycles. The van der Waals surface area contributed by atoms with Crippen LogP contribution in [0.1, 0.15) is 29.3 Å². The molecule has 1 fully saturated rings. The highest BCUT2D eigenvalue weighted by Crippen LogP contribution is 2.16. The van der Waals surface area contributed by atoms with Gasteiger partial charge in [0.2, 0.25) is 0 Å². The molecular formula is C15H20N2O4. The molecule has 1 aromatic rings. The highest BCUT2D eigenvalue weighted by atomic mass is 16.5. The van der Waals surface area contributed by atoms with E-state index < -0.39 is 5.97 Å². The first-order valence-electron chi connectivity index (χ1n) is 6.99. The molecule has 1 aliphatic heterocycles. The normalized spacial score (nSPS) is 19.0. The maximum atomic E-state index is 12.2. The van der Waals surface area contributed by atoms with Gasteiger partial charge in [-0.05, 0) is 38.0 Å². The Morgan fingerprint density at radius 2 is 2.19 bits per heavy atom. The van der Waals surface area contributed by atoms with Crippen molar-refractivity contribution in [1.82, 2.24) is 4.90 Å². The van der Waals surface area contributed by atoms with Gasteiger partial charge in [-0.15, -0.1) is 0 Å². The standard InChI is InChI=1S/C15H20N2O4/c1-10-4-5-12(8-13(10)14(18)19)16-15(20)17-6-3-7-21-11(2)9-17/h4-5,8,11H,3,6-7,9H2,1-2H3,(H,16,20)(H,18,19). The van der Waals surface area contributed by atoms with Crippen LogP contribution < -0.4 is 5.32 Å². The van der Waals surface area contributed by atoms with E-state index in [0.29, 0.717) is 30.9 Å². The maximum absolute atomic E-state index is 12.2. The van der Waals surface area contributed by atoms with Crippen LogP contribution in [0, 0.1) is 6.92 Å². The van der Waals surface area contributed by atoms with Crippen LogP contribution in [0.3, 0.4) is 0 Å². The number of ether oxygens (including phenoxy) is 1. The molecule has 1 atom stereocenters. The molecule has 1 saturated heterocycles. The molecule has 2 rings (SSSR count). The molecule has 0 aromatic heterocycles. The number of aryl methyl sites for hydroxylation is 1. The molecule has 6 nitrogen and oxygen atoms in total. The second-order valence-corrected chi connectivity index (χ2v) is 5.25. The Balaban J connectivity index is 2.08. The van der Waals surface area contributed by atoms with Gasteiger partial charge in [0.05, 0.1) is 11.7 Å². The lowest BCUT2D eigenvalue weighted by Crippen LogP contribution is -2.38. The van der Waals surface area contributed by atoms with Gasteiger partial charge in [-0.3, -0.25) is 0 Å². The van der Waals surface area contributed by atoms with E-state index in [4.69, 9.17) is 9.84 Å². The molecule has 1 unspecified atom stereocenters. The van der Waals surface area contributed by atoms with Crippen molar-refractivity contribution in [3.8, 4) is 0 Å². The number of rotatable bonds is 2. The van der Waals surface area contributed by atoms with Gasteiger partial charge >= 0.3 is 12.0 Å². The summed E-state index contributed by atoms with van der Waals surface area (Å²) in [6, 6.07) is 4.64. The van der Waals surface area contributed by atoms with Gasteiger partial charge in [0.25, 0.3) is 0 Å². The van der Waals surface area contributed by atoms with Crippen LogP contribution in [0.25, 0.3) is 0 Å². The zero-order chi connectivity index (χ0) is 15.4. The van der Waals surface area contributed by atoms with E-state index in [2.05, 4.69) is 5.32 Å². The molecule has 6 heteroatoms. The fourth-order valence-corrected chi connectivity index (χ4v) is 2.31. The Hall–Kier alpha value is -2.08. The number of hydrogen-bond donors (Lipinski definition) is 2. The minimum absolute atomic E-state index is 0.00542. The van der Waals surface area contributed by atoms with Gasteiger partial charge in [0.1, 0.15) is 0 Å². The number of nitrogens with zero attached hydrogens (tertiary/aromatic N) is 1. The second-order valence-electron chi connectivity index (χ2n) is 5.25. The zero-order valence-electron chi connectivity index (χ0n) is 12.3. The molecule has 2 amide bonds. The molecule has 1 aliphatic rings. The number of benzene rings is 1. The van der Waals surface area contributed by atoms with Gasteiger partial charge in [0, 0.05) is 25.4 Å². The topological polar surface area (TPSA) is 78.9 Å². The van der Waals surface area contributed by atoms with E-state index in [0.717, 1.165) is 6.42 Å². The highest BCUT2D eigenvalue weighted by Gasteiger charge is 2.20. The Labute approximate surface area is 123 Å². The molecule has 0 saturated carbocycles. The van der Waals surface area contributed by atoms with E-state index in [-0.39, 0.29) is 17.7 Å². The van der Waals surface area contributed by atoms with E-state index in [1.54, 1.807) is 24.0 Å². The number of amides is 2. The first-order valence-corrected chi connectivity index (χ1v) is 6.99. The number of carbonyl (C=O) groups excluding carboxylic acids is 1.